The quantitative estimate of drug-likeness (QED) is 0.139. The molecular weight excluding hydrogens is 494 g/mol. The third-order valence-electron chi connectivity index (χ3n) is 7.45. The number of H-pyrrole nitrogens is 1. The second kappa shape index (κ2) is 12.3. The lowest BCUT2D eigenvalue weighted by Gasteiger charge is -2.22. The molecule has 7 heteroatoms. The van der Waals surface area contributed by atoms with Crippen LogP contribution in [0.15, 0.2) is 42.6 Å². The van der Waals surface area contributed by atoms with Crippen molar-refractivity contribution >= 4 is 50.7 Å². The Balaban J connectivity index is 1.02. The van der Waals surface area contributed by atoms with E-state index in [9.17, 15) is 4.79 Å². The average Bonchev–Trinajstić information content (AvgIpc) is 3.34. The van der Waals surface area contributed by atoms with Gasteiger partial charge in [0.1, 0.15) is 0 Å². The largest absolute Gasteiger partial charge is 0.384 e. The van der Waals surface area contributed by atoms with Crippen LogP contribution in [0, 0.1) is 6.57 Å². The summed E-state index contributed by atoms with van der Waals surface area (Å²) in [4.78, 5) is 24.0. The topological polar surface area (TPSA) is 74.2 Å². The summed E-state index contributed by atoms with van der Waals surface area (Å²) in [5.41, 5.74) is 7.54. The number of amides is 1. The number of unbranched alkanes of at least 4 members (excludes halogenated alkanes) is 3. The summed E-state index contributed by atoms with van der Waals surface area (Å²) in [5, 5.41) is 9.71. The molecule has 5 rings (SSSR count). The van der Waals surface area contributed by atoms with E-state index >= 15 is 0 Å². The number of hydrogen-bond donors (Lipinski definition) is 3. The zero-order valence-electron chi connectivity index (χ0n) is 21.7. The predicted octanol–water partition coefficient (Wildman–Crippen LogP) is 7.52. The van der Waals surface area contributed by atoms with Crippen LogP contribution in [-0.4, -0.2) is 29.0 Å². The minimum absolute atomic E-state index is 0.0804. The number of benzene rings is 2. The van der Waals surface area contributed by atoms with Gasteiger partial charge in [0.15, 0.2) is 5.69 Å². The van der Waals surface area contributed by atoms with Crippen molar-refractivity contribution in [3.63, 3.8) is 0 Å². The van der Waals surface area contributed by atoms with E-state index in [0.717, 1.165) is 77.5 Å². The molecule has 0 spiro atoms. The van der Waals surface area contributed by atoms with Crippen molar-refractivity contribution in [3.8, 4) is 0 Å². The van der Waals surface area contributed by atoms with Gasteiger partial charge < -0.3 is 15.6 Å². The van der Waals surface area contributed by atoms with Gasteiger partial charge in [0.05, 0.1) is 12.1 Å². The molecule has 1 amide bonds. The lowest BCUT2D eigenvalue weighted by atomic mass is 9.92. The summed E-state index contributed by atoms with van der Waals surface area (Å²) in [6.07, 6.45) is 11.9. The lowest BCUT2D eigenvalue weighted by Crippen LogP contribution is -2.24. The number of hydrogen-bond acceptors (Lipinski definition) is 3. The van der Waals surface area contributed by atoms with Crippen LogP contribution < -0.4 is 10.6 Å². The van der Waals surface area contributed by atoms with Crippen molar-refractivity contribution < 1.29 is 4.79 Å². The van der Waals surface area contributed by atoms with E-state index in [4.69, 9.17) is 23.2 Å². The average molecular weight is 528 g/mol. The third kappa shape index (κ3) is 6.11. The maximum atomic E-state index is 12.3. The molecule has 1 aliphatic rings. The van der Waals surface area contributed by atoms with Gasteiger partial charge in [0.2, 0.25) is 5.91 Å². The third-order valence-corrected chi connectivity index (χ3v) is 7.69. The zero-order valence-corrected chi connectivity index (χ0v) is 22.5. The summed E-state index contributed by atoms with van der Waals surface area (Å²) in [6, 6.07) is 11.6. The van der Waals surface area contributed by atoms with Gasteiger partial charge in [-0.05, 0) is 91.8 Å². The number of fused-ring (bicyclic) bond motifs is 3. The molecule has 0 fully saturated rings. The molecule has 2 heterocycles. The van der Waals surface area contributed by atoms with Crippen molar-refractivity contribution in [2.75, 3.05) is 18.4 Å². The molecule has 0 saturated heterocycles. The molecule has 0 saturated carbocycles. The molecule has 0 bridgehead atoms. The number of nitrogens with one attached hydrogen (secondary N) is 3. The first-order valence-electron chi connectivity index (χ1n) is 13.7. The Labute approximate surface area is 229 Å². The Morgan fingerprint density at radius 3 is 2.74 bits per heavy atom. The Morgan fingerprint density at radius 2 is 1.87 bits per heavy atom. The Hall–Kier alpha value is -3.56. The normalized spacial score (nSPS) is 12.8. The number of carbonyl (C=O) groups is 1. The molecule has 196 valence electrons. The highest BCUT2D eigenvalue weighted by Crippen LogP contribution is 2.34. The van der Waals surface area contributed by atoms with Gasteiger partial charge in [-0.15, -0.1) is 0 Å². The van der Waals surface area contributed by atoms with Crippen LogP contribution in [-0.2, 0) is 24.1 Å². The van der Waals surface area contributed by atoms with Crippen LogP contribution >= 0.6 is 11.6 Å². The minimum Gasteiger partial charge on any atom is -0.384 e. The highest BCUT2D eigenvalue weighted by Gasteiger charge is 2.18. The molecule has 2 aromatic heterocycles. The van der Waals surface area contributed by atoms with E-state index in [1.165, 1.54) is 29.8 Å². The number of pyridine rings is 1. The molecule has 38 heavy (non-hydrogen) atoms. The fourth-order valence-electron chi connectivity index (χ4n) is 5.42. The van der Waals surface area contributed by atoms with Crippen LogP contribution in [0.1, 0.15) is 61.8 Å². The van der Waals surface area contributed by atoms with Gasteiger partial charge in [-0.25, -0.2) is 4.85 Å². The molecular formula is C31H34ClN5O. The summed E-state index contributed by atoms with van der Waals surface area (Å²) in [7, 11) is 0. The highest BCUT2D eigenvalue weighted by atomic mass is 35.5. The highest BCUT2D eigenvalue weighted by molar-refractivity contribution is 6.31. The molecule has 0 unspecified atom stereocenters. The number of carbonyl (C=O) groups excluding carboxylic acids is 1. The van der Waals surface area contributed by atoms with Gasteiger partial charge in [-0.1, -0.05) is 30.5 Å². The van der Waals surface area contributed by atoms with Crippen molar-refractivity contribution in [2.45, 2.75) is 64.2 Å². The standard InChI is InChI=1S/C31H34ClN5O/c1-33-23-12-14-27-26(19-23)21(20-36-27)10-15-30(38)34-16-6-2-3-7-17-35-31-24-8-4-5-9-28(24)37-29-18-22(32)11-13-25(29)31/h11-14,18-20,36H,2-10,15-17H2,(H,34,38)(H,35,37). The maximum absolute atomic E-state index is 12.3. The van der Waals surface area contributed by atoms with E-state index in [2.05, 4.69) is 26.5 Å². The Kier molecular flexibility index (Phi) is 8.45. The van der Waals surface area contributed by atoms with Crippen LogP contribution in [0.5, 0.6) is 0 Å². The molecule has 6 nitrogen and oxygen atoms in total. The monoisotopic (exact) mass is 527 g/mol. The van der Waals surface area contributed by atoms with E-state index in [-0.39, 0.29) is 5.91 Å². The maximum Gasteiger partial charge on any atom is 0.220 e. The fraction of sp³-hybridized carbons (Fsp3) is 0.387. The first-order chi connectivity index (χ1) is 18.6. The number of aromatic amines is 1. The summed E-state index contributed by atoms with van der Waals surface area (Å²) in [6.45, 7) is 8.85. The van der Waals surface area contributed by atoms with Crippen LogP contribution in [0.3, 0.4) is 0 Å². The summed E-state index contributed by atoms with van der Waals surface area (Å²) < 4.78 is 0. The molecule has 2 aromatic carbocycles. The SMILES string of the molecule is [C-]#[N+]c1ccc2[nH]cc(CCC(=O)NCCCCCCNc3c4c(nc5cc(Cl)ccc35)CCCC4)c2c1. The van der Waals surface area contributed by atoms with Crippen molar-refractivity contribution in [3.05, 3.63) is 75.9 Å². The zero-order chi connectivity index (χ0) is 26.3. The number of rotatable bonds is 11. The second-order valence-corrected chi connectivity index (χ2v) is 10.6. The molecule has 0 aliphatic heterocycles. The number of halogens is 1. The summed E-state index contributed by atoms with van der Waals surface area (Å²) in [5.74, 6) is 0.0804. The van der Waals surface area contributed by atoms with Gasteiger partial charge in [-0.2, -0.15) is 0 Å². The van der Waals surface area contributed by atoms with Gasteiger partial charge >= 0.3 is 0 Å². The predicted molar refractivity (Wildman–Crippen MR) is 156 cm³/mol. The first kappa shape index (κ1) is 26.1. The van der Waals surface area contributed by atoms with Gasteiger partial charge in [-0.3, -0.25) is 9.78 Å². The lowest BCUT2D eigenvalue weighted by molar-refractivity contribution is -0.121. The molecule has 4 aromatic rings. The molecule has 0 atom stereocenters. The van der Waals surface area contributed by atoms with Crippen LogP contribution in [0.25, 0.3) is 26.7 Å². The van der Waals surface area contributed by atoms with E-state index in [1.807, 2.05) is 36.5 Å². The van der Waals surface area contributed by atoms with Gasteiger partial charge in [0, 0.05) is 53.0 Å². The number of aromatic nitrogens is 2. The molecule has 1 aliphatic carbocycles. The number of aryl methyl sites for hydroxylation is 2. The summed E-state index contributed by atoms with van der Waals surface area (Å²) >= 11 is 6.24. The second-order valence-electron chi connectivity index (χ2n) is 10.1. The van der Waals surface area contributed by atoms with Crippen molar-refractivity contribution in [1.82, 2.24) is 15.3 Å². The smallest absolute Gasteiger partial charge is 0.220 e. The Bertz CT molecular complexity index is 1490. The number of nitrogens with zero attached hydrogens (tertiary/aromatic N) is 2. The van der Waals surface area contributed by atoms with Crippen molar-refractivity contribution in [2.24, 2.45) is 0 Å². The molecule has 0 radical (unpaired) electrons. The van der Waals surface area contributed by atoms with E-state index in [1.54, 1.807) is 0 Å². The fourth-order valence-corrected chi connectivity index (χ4v) is 5.59. The van der Waals surface area contributed by atoms with Crippen LogP contribution in [0.2, 0.25) is 5.02 Å². The van der Waals surface area contributed by atoms with Gasteiger partial charge in [0.25, 0.3) is 0 Å². The van der Waals surface area contributed by atoms with E-state index < -0.39 is 0 Å². The van der Waals surface area contributed by atoms with E-state index in [0.29, 0.717) is 25.1 Å². The van der Waals surface area contributed by atoms with Crippen molar-refractivity contribution in [1.29, 1.82) is 0 Å². The number of anilines is 1. The Morgan fingerprint density at radius 1 is 1.03 bits per heavy atom. The molecule has 3 N–H and O–H groups in total. The van der Waals surface area contributed by atoms with Crippen LogP contribution in [0.4, 0.5) is 11.4 Å². The minimum atomic E-state index is 0.0804. The first-order valence-corrected chi connectivity index (χ1v) is 14.1.